The summed E-state index contributed by atoms with van der Waals surface area (Å²) in [4.78, 5) is 45.2. The molecule has 3 fully saturated rings. The third-order valence-corrected chi connectivity index (χ3v) is 7.44. The van der Waals surface area contributed by atoms with E-state index in [1.54, 1.807) is 34.1 Å². The summed E-state index contributed by atoms with van der Waals surface area (Å²) in [7, 11) is 0. The summed E-state index contributed by atoms with van der Waals surface area (Å²) in [5.41, 5.74) is -0.354. The van der Waals surface area contributed by atoms with Gasteiger partial charge in [0, 0.05) is 44.6 Å². The van der Waals surface area contributed by atoms with Crippen LogP contribution in [-0.2, 0) is 14.3 Å². The van der Waals surface area contributed by atoms with Crippen molar-refractivity contribution in [2.45, 2.75) is 24.6 Å². The van der Waals surface area contributed by atoms with E-state index in [0.717, 1.165) is 0 Å². The fourth-order valence-electron chi connectivity index (χ4n) is 5.15. The average molecular weight is 516 g/mol. The molecule has 0 aromatic heterocycles. The van der Waals surface area contributed by atoms with Crippen molar-refractivity contribution >= 4 is 29.3 Å². The van der Waals surface area contributed by atoms with Gasteiger partial charge in [-0.2, -0.15) is 0 Å². The van der Waals surface area contributed by atoms with Crippen LogP contribution in [0.5, 0.6) is 0 Å². The first-order chi connectivity index (χ1) is 17.4. The fourth-order valence-corrected chi connectivity index (χ4v) is 5.36. The number of halogens is 2. The molecule has 1 unspecified atom stereocenters. The molecule has 0 aliphatic carbocycles. The van der Waals surface area contributed by atoms with Crippen LogP contribution in [-0.4, -0.2) is 90.2 Å². The number of likely N-dealkylation sites (tertiary alicyclic amines) is 1. The number of ether oxygens (including phenoxy) is 2. The Bertz CT molecular complexity index is 1150. The van der Waals surface area contributed by atoms with Crippen LogP contribution in [0.2, 0.25) is 5.02 Å². The SMILES string of the molecule is O=C(c1ccccc1Cl)N1CCC2(CC1)OCC(C(=O)N1CCOCC1)N2C(=O)c1ccc(F)cc1. The Balaban J connectivity index is 1.40. The van der Waals surface area contributed by atoms with Crippen molar-refractivity contribution in [3.05, 3.63) is 70.5 Å². The van der Waals surface area contributed by atoms with E-state index in [4.69, 9.17) is 21.1 Å². The molecule has 3 aliphatic heterocycles. The Morgan fingerprint density at radius 3 is 2.22 bits per heavy atom. The summed E-state index contributed by atoms with van der Waals surface area (Å²) in [5.74, 6) is -1.23. The molecule has 0 saturated carbocycles. The minimum atomic E-state index is -1.05. The summed E-state index contributed by atoms with van der Waals surface area (Å²) in [5, 5.41) is 0.379. The second kappa shape index (κ2) is 10.2. The van der Waals surface area contributed by atoms with Crippen molar-refractivity contribution in [3.63, 3.8) is 0 Å². The molecule has 3 amide bonds. The lowest BCUT2D eigenvalue weighted by atomic mass is 9.96. The zero-order valence-corrected chi connectivity index (χ0v) is 20.5. The Morgan fingerprint density at radius 2 is 1.56 bits per heavy atom. The fraction of sp³-hybridized carbons (Fsp3) is 0.423. The highest BCUT2D eigenvalue weighted by atomic mass is 35.5. The molecule has 3 aliphatic rings. The Kier molecular flexibility index (Phi) is 6.96. The average Bonchev–Trinajstić information content (AvgIpc) is 3.27. The smallest absolute Gasteiger partial charge is 0.256 e. The van der Waals surface area contributed by atoms with Gasteiger partial charge in [0.15, 0.2) is 0 Å². The highest BCUT2D eigenvalue weighted by molar-refractivity contribution is 6.33. The lowest BCUT2D eigenvalue weighted by molar-refractivity contribution is -0.141. The first kappa shape index (κ1) is 24.7. The van der Waals surface area contributed by atoms with Gasteiger partial charge in [-0.15, -0.1) is 0 Å². The minimum Gasteiger partial charge on any atom is -0.378 e. The second-order valence-corrected chi connectivity index (χ2v) is 9.57. The molecular weight excluding hydrogens is 489 g/mol. The molecule has 0 bridgehead atoms. The molecular formula is C26H27ClFN3O5. The number of amides is 3. The van der Waals surface area contributed by atoms with E-state index in [1.165, 1.54) is 29.2 Å². The van der Waals surface area contributed by atoms with Gasteiger partial charge in [0.2, 0.25) is 5.91 Å². The van der Waals surface area contributed by atoms with Crippen molar-refractivity contribution < 1.29 is 28.2 Å². The minimum absolute atomic E-state index is 0.0571. The topological polar surface area (TPSA) is 79.4 Å². The zero-order valence-electron chi connectivity index (χ0n) is 19.7. The number of hydrogen-bond acceptors (Lipinski definition) is 5. The van der Waals surface area contributed by atoms with Crippen molar-refractivity contribution in [1.29, 1.82) is 0 Å². The molecule has 190 valence electrons. The molecule has 8 nitrogen and oxygen atoms in total. The standard InChI is InChI=1S/C26H27ClFN3O5/c27-21-4-2-1-3-20(21)24(33)29-11-9-26(10-12-29)31(23(32)18-5-7-19(28)8-6-18)22(17-36-26)25(34)30-13-15-35-16-14-30/h1-8,22H,9-17H2. The van der Waals surface area contributed by atoms with Gasteiger partial charge in [0.05, 0.1) is 30.4 Å². The van der Waals surface area contributed by atoms with Gasteiger partial charge in [-0.1, -0.05) is 23.7 Å². The van der Waals surface area contributed by atoms with Crippen LogP contribution < -0.4 is 0 Å². The van der Waals surface area contributed by atoms with E-state index < -0.39 is 23.5 Å². The number of hydrogen-bond donors (Lipinski definition) is 0. The summed E-state index contributed by atoms with van der Waals surface area (Å²) in [6.07, 6.45) is 0.673. The summed E-state index contributed by atoms with van der Waals surface area (Å²) < 4.78 is 25.1. The number of carbonyl (C=O) groups is 3. The van der Waals surface area contributed by atoms with Crippen LogP contribution in [0.3, 0.4) is 0 Å². The number of carbonyl (C=O) groups excluding carboxylic acids is 3. The van der Waals surface area contributed by atoms with Crippen LogP contribution in [0.25, 0.3) is 0 Å². The van der Waals surface area contributed by atoms with Gasteiger partial charge in [-0.25, -0.2) is 4.39 Å². The maximum atomic E-state index is 13.7. The number of benzene rings is 2. The largest absolute Gasteiger partial charge is 0.378 e. The molecule has 0 radical (unpaired) electrons. The molecule has 0 N–H and O–H groups in total. The first-order valence-corrected chi connectivity index (χ1v) is 12.4. The van der Waals surface area contributed by atoms with E-state index in [2.05, 4.69) is 0 Å². The molecule has 36 heavy (non-hydrogen) atoms. The van der Waals surface area contributed by atoms with Crippen LogP contribution in [0.4, 0.5) is 4.39 Å². The van der Waals surface area contributed by atoms with Crippen molar-refractivity contribution in [1.82, 2.24) is 14.7 Å². The Labute approximate surface area is 213 Å². The van der Waals surface area contributed by atoms with E-state index in [0.29, 0.717) is 62.8 Å². The maximum Gasteiger partial charge on any atom is 0.256 e. The van der Waals surface area contributed by atoms with Crippen LogP contribution in [0.15, 0.2) is 48.5 Å². The molecule has 2 aromatic rings. The lowest BCUT2D eigenvalue weighted by Crippen LogP contribution is -2.60. The number of morpholine rings is 1. The predicted octanol–water partition coefficient (Wildman–Crippen LogP) is 2.81. The number of nitrogens with zero attached hydrogens (tertiary/aromatic N) is 3. The quantitative estimate of drug-likeness (QED) is 0.628. The van der Waals surface area contributed by atoms with Gasteiger partial charge < -0.3 is 19.3 Å². The van der Waals surface area contributed by atoms with E-state index >= 15 is 0 Å². The molecule has 1 atom stereocenters. The summed E-state index contributed by atoms with van der Waals surface area (Å²) in [6.45, 7) is 2.49. The zero-order chi connectivity index (χ0) is 25.3. The maximum absolute atomic E-state index is 13.7. The molecule has 1 spiro atoms. The third kappa shape index (κ3) is 4.58. The first-order valence-electron chi connectivity index (χ1n) is 12.0. The molecule has 3 saturated heterocycles. The lowest BCUT2D eigenvalue weighted by Gasteiger charge is -2.45. The van der Waals surface area contributed by atoms with E-state index in [-0.39, 0.29) is 24.0 Å². The van der Waals surface area contributed by atoms with Crippen LogP contribution in [0, 0.1) is 5.82 Å². The normalized spacial score (nSPS) is 21.6. The molecule has 10 heteroatoms. The highest BCUT2D eigenvalue weighted by Crippen LogP contribution is 2.39. The van der Waals surface area contributed by atoms with Crippen molar-refractivity contribution in [3.8, 4) is 0 Å². The monoisotopic (exact) mass is 515 g/mol. The second-order valence-electron chi connectivity index (χ2n) is 9.16. The molecule has 3 heterocycles. The number of piperidine rings is 1. The van der Waals surface area contributed by atoms with Crippen LogP contribution in [0.1, 0.15) is 33.6 Å². The van der Waals surface area contributed by atoms with Crippen molar-refractivity contribution in [2.24, 2.45) is 0 Å². The molecule has 5 rings (SSSR count). The van der Waals surface area contributed by atoms with Crippen LogP contribution >= 0.6 is 11.6 Å². The van der Waals surface area contributed by atoms with Gasteiger partial charge in [0.25, 0.3) is 11.8 Å². The number of rotatable bonds is 3. The highest BCUT2D eigenvalue weighted by Gasteiger charge is 2.55. The third-order valence-electron chi connectivity index (χ3n) is 7.11. The molecule has 2 aromatic carbocycles. The van der Waals surface area contributed by atoms with Gasteiger partial charge in [0.1, 0.15) is 17.6 Å². The van der Waals surface area contributed by atoms with E-state index in [1.807, 2.05) is 0 Å². The Morgan fingerprint density at radius 1 is 0.889 bits per heavy atom. The van der Waals surface area contributed by atoms with E-state index in [9.17, 15) is 18.8 Å². The summed E-state index contributed by atoms with van der Waals surface area (Å²) in [6, 6.07) is 11.3. The predicted molar refractivity (Wildman–Crippen MR) is 129 cm³/mol. The summed E-state index contributed by atoms with van der Waals surface area (Å²) >= 11 is 6.23. The Hall–Kier alpha value is -3.01. The van der Waals surface area contributed by atoms with Crippen molar-refractivity contribution in [2.75, 3.05) is 46.0 Å². The van der Waals surface area contributed by atoms with Gasteiger partial charge >= 0.3 is 0 Å². The van der Waals surface area contributed by atoms with Gasteiger partial charge in [-0.3, -0.25) is 19.3 Å². The van der Waals surface area contributed by atoms with Gasteiger partial charge in [-0.05, 0) is 36.4 Å².